The number of ether oxygens (including phenoxy) is 1. The van der Waals surface area contributed by atoms with Gasteiger partial charge in [-0.2, -0.15) is 4.98 Å². The Morgan fingerprint density at radius 3 is 2.56 bits per heavy atom. The molecule has 0 aromatic carbocycles. The summed E-state index contributed by atoms with van der Waals surface area (Å²) in [4.78, 5) is 35.0. The quantitative estimate of drug-likeness (QED) is 0.596. The van der Waals surface area contributed by atoms with Crippen LogP contribution in [-0.4, -0.2) is 59.0 Å². The minimum absolute atomic E-state index is 0.0945. The fourth-order valence-corrected chi connectivity index (χ4v) is 2.65. The zero-order valence-electron chi connectivity index (χ0n) is 14.3. The standard InChI is InChI=1S/C16H19ClN4O4/c1-16(2,3)25-15(23)21-6-4-20(5-7-21)14-19-13-11(24-14)8-10(9-22)12(17)18-13/h8-9H,4-7H2,1-3H3. The first kappa shape index (κ1) is 17.5. The van der Waals surface area contributed by atoms with E-state index in [4.69, 9.17) is 20.8 Å². The van der Waals surface area contributed by atoms with E-state index in [0.717, 1.165) is 0 Å². The normalized spacial score (nSPS) is 15.5. The van der Waals surface area contributed by atoms with Crippen LogP contribution < -0.4 is 4.90 Å². The third-order valence-corrected chi connectivity index (χ3v) is 3.98. The molecule has 0 bridgehead atoms. The van der Waals surface area contributed by atoms with Gasteiger partial charge in [0.15, 0.2) is 11.9 Å². The Morgan fingerprint density at radius 1 is 1.28 bits per heavy atom. The van der Waals surface area contributed by atoms with Crippen molar-refractivity contribution in [1.82, 2.24) is 14.9 Å². The van der Waals surface area contributed by atoms with Crippen molar-refractivity contribution in [2.45, 2.75) is 26.4 Å². The number of anilines is 1. The van der Waals surface area contributed by atoms with E-state index < -0.39 is 5.60 Å². The minimum Gasteiger partial charge on any atom is -0.444 e. The van der Waals surface area contributed by atoms with Crippen molar-refractivity contribution < 1.29 is 18.7 Å². The number of carbonyl (C=O) groups is 2. The van der Waals surface area contributed by atoms with E-state index in [2.05, 4.69) is 9.97 Å². The van der Waals surface area contributed by atoms with Crippen molar-refractivity contribution in [3.63, 3.8) is 0 Å². The molecule has 134 valence electrons. The first-order chi connectivity index (χ1) is 11.8. The van der Waals surface area contributed by atoms with Crippen LogP contribution in [0.1, 0.15) is 31.1 Å². The van der Waals surface area contributed by atoms with Crippen LogP contribution in [0.3, 0.4) is 0 Å². The molecule has 0 spiro atoms. The highest BCUT2D eigenvalue weighted by Crippen LogP contribution is 2.25. The lowest BCUT2D eigenvalue weighted by atomic mass is 10.2. The summed E-state index contributed by atoms with van der Waals surface area (Å²) in [6, 6.07) is 1.91. The molecular weight excluding hydrogens is 348 g/mol. The number of carbonyl (C=O) groups excluding carboxylic acids is 2. The van der Waals surface area contributed by atoms with Crippen LogP contribution in [0.2, 0.25) is 5.15 Å². The molecule has 3 heterocycles. The molecule has 1 fully saturated rings. The number of amides is 1. The van der Waals surface area contributed by atoms with Crippen molar-refractivity contribution >= 4 is 41.2 Å². The van der Waals surface area contributed by atoms with Gasteiger partial charge in [0.2, 0.25) is 5.65 Å². The lowest BCUT2D eigenvalue weighted by Gasteiger charge is -2.34. The first-order valence-electron chi connectivity index (χ1n) is 7.92. The van der Waals surface area contributed by atoms with Crippen molar-refractivity contribution in [1.29, 1.82) is 0 Å². The second-order valence-corrected chi connectivity index (χ2v) is 7.12. The summed E-state index contributed by atoms with van der Waals surface area (Å²) in [6.07, 6.45) is 0.296. The van der Waals surface area contributed by atoms with Gasteiger partial charge in [-0.3, -0.25) is 4.79 Å². The number of pyridine rings is 1. The van der Waals surface area contributed by atoms with Crippen molar-refractivity contribution in [2.24, 2.45) is 0 Å². The van der Waals surface area contributed by atoms with Gasteiger partial charge < -0.3 is 19.0 Å². The maximum atomic E-state index is 12.1. The highest BCUT2D eigenvalue weighted by atomic mass is 35.5. The monoisotopic (exact) mass is 366 g/mol. The van der Waals surface area contributed by atoms with Gasteiger partial charge in [0.05, 0.1) is 5.56 Å². The van der Waals surface area contributed by atoms with Crippen LogP contribution in [-0.2, 0) is 4.74 Å². The predicted octanol–water partition coefficient (Wildman–Crippen LogP) is 2.75. The summed E-state index contributed by atoms with van der Waals surface area (Å²) in [6.45, 7) is 7.63. The topological polar surface area (TPSA) is 88.8 Å². The number of hydrogen-bond donors (Lipinski definition) is 0. The summed E-state index contributed by atoms with van der Waals surface area (Å²) in [5, 5.41) is 0.0945. The molecule has 1 aliphatic heterocycles. The number of aldehydes is 1. The third kappa shape index (κ3) is 3.84. The van der Waals surface area contributed by atoms with E-state index in [1.807, 2.05) is 25.7 Å². The highest BCUT2D eigenvalue weighted by molar-refractivity contribution is 6.32. The lowest BCUT2D eigenvalue weighted by Crippen LogP contribution is -2.50. The molecule has 1 amide bonds. The smallest absolute Gasteiger partial charge is 0.410 e. The number of hydrogen-bond acceptors (Lipinski definition) is 7. The second kappa shape index (κ2) is 6.51. The van der Waals surface area contributed by atoms with Crippen molar-refractivity contribution in [3.8, 4) is 0 Å². The molecule has 1 aliphatic rings. The van der Waals surface area contributed by atoms with Crippen LogP contribution in [0, 0.1) is 0 Å². The van der Waals surface area contributed by atoms with Gasteiger partial charge in [0, 0.05) is 26.2 Å². The summed E-state index contributed by atoms with van der Waals surface area (Å²) in [5.74, 6) is 0. The molecular formula is C16H19ClN4O4. The van der Waals surface area contributed by atoms with Crippen LogP contribution in [0.15, 0.2) is 10.5 Å². The van der Waals surface area contributed by atoms with E-state index in [1.54, 1.807) is 4.90 Å². The van der Waals surface area contributed by atoms with E-state index in [9.17, 15) is 9.59 Å². The van der Waals surface area contributed by atoms with Crippen molar-refractivity contribution in [3.05, 3.63) is 16.8 Å². The molecule has 2 aromatic heterocycles. The Kier molecular flexibility index (Phi) is 4.55. The molecule has 0 unspecified atom stereocenters. The van der Waals surface area contributed by atoms with Crippen LogP contribution in [0.5, 0.6) is 0 Å². The molecule has 1 saturated heterocycles. The van der Waals surface area contributed by atoms with Crippen molar-refractivity contribution in [2.75, 3.05) is 31.1 Å². The largest absolute Gasteiger partial charge is 0.444 e. The molecule has 3 rings (SSSR count). The summed E-state index contributed by atoms with van der Waals surface area (Å²) < 4.78 is 11.1. The summed E-state index contributed by atoms with van der Waals surface area (Å²) in [7, 11) is 0. The fraction of sp³-hybridized carbons (Fsp3) is 0.500. The number of piperazine rings is 1. The maximum Gasteiger partial charge on any atom is 0.410 e. The van der Waals surface area contributed by atoms with Gasteiger partial charge in [0.1, 0.15) is 10.8 Å². The Hall–Kier alpha value is -2.35. The van der Waals surface area contributed by atoms with E-state index in [-0.39, 0.29) is 16.8 Å². The van der Waals surface area contributed by atoms with Crippen LogP contribution in [0.4, 0.5) is 10.8 Å². The third-order valence-electron chi connectivity index (χ3n) is 3.68. The maximum absolute atomic E-state index is 12.1. The second-order valence-electron chi connectivity index (χ2n) is 6.76. The average molecular weight is 367 g/mol. The van der Waals surface area contributed by atoms with Gasteiger partial charge >= 0.3 is 6.09 Å². The zero-order valence-corrected chi connectivity index (χ0v) is 15.0. The van der Waals surface area contributed by atoms with Gasteiger partial charge in [-0.25, -0.2) is 9.78 Å². The van der Waals surface area contributed by atoms with Crippen LogP contribution >= 0.6 is 11.6 Å². The average Bonchev–Trinajstić information content (AvgIpc) is 2.95. The molecule has 0 N–H and O–H groups in total. The van der Waals surface area contributed by atoms with Crippen LogP contribution in [0.25, 0.3) is 11.2 Å². The number of aromatic nitrogens is 2. The Morgan fingerprint density at radius 2 is 1.96 bits per heavy atom. The number of halogens is 1. The van der Waals surface area contributed by atoms with E-state index in [0.29, 0.717) is 49.7 Å². The molecule has 0 saturated carbocycles. The molecule has 0 aliphatic carbocycles. The molecule has 25 heavy (non-hydrogen) atoms. The van der Waals surface area contributed by atoms with Gasteiger partial charge in [-0.15, -0.1) is 0 Å². The lowest BCUT2D eigenvalue weighted by molar-refractivity contribution is 0.0239. The SMILES string of the molecule is CC(C)(C)OC(=O)N1CCN(c2nc3nc(Cl)c(C=O)cc3o2)CC1. The van der Waals surface area contributed by atoms with E-state index >= 15 is 0 Å². The molecule has 0 radical (unpaired) electrons. The molecule has 9 heteroatoms. The number of fused-ring (bicyclic) bond motifs is 1. The van der Waals surface area contributed by atoms with E-state index in [1.165, 1.54) is 6.07 Å². The summed E-state index contributed by atoms with van der Waals surface area (Å²) in [5.41, 5.74) is 0.485. The van der Waals surface area contributed by atoms with Gasteiger partial charge in [0.25, 0.3) is 6.01 Å². The molecule has 2 aromatic rings. The number of rotatable bonds is 2. The Bertz CT molecular complexity index is 806. The fourth-order valence-electron chi connectivity index (χ4n) is 2.47. The summed E-state index contributed by atoms with van der Waals surface area (Å²) >= 11 is 5.91. The Balaban J connectivity index is 1.70. The van der Waals surface area contributed by atoms with Gasteiger partial charge in [-0.05, 0) is 26.8 Å². The predicted molar refractivity (Wildman–Crippen MR) is 92.2 cm³/mol. The Labute approximate surface area is 149 Å². The highest BCUT2D eigenvalue weighted by Gasteiger charge is 2.27. The zero-order chi connectivity index (χ0) is 18.2. The van der Waals surface area contributed by atoms with Gasteiger partial charge in [-0.1, -0.05) is 11.6 Å². The number of oxazole rings is 1. The number of nitrogens with zero attached hydrogens (tertiary/aromatic N) is 4. The molecule has 0 atom stereocenters. The molecule has 8 nitrogen and oxygen atoms in total. The minimum atomic E-state index is -0.518. The first-order valence-corrected chi connectivity index (χ1v) is 8.30.